The highest BCUT2D eigenvalue weighted by atomic mass is 32.2. The largest absolute Gasteiger partial charge is 0.495 e. The van der Waals surface area contributed by atoms with Crippen LogP contribution in [0, 0.1) is 0 Å². The van der Waals surface area contributed by atoms with E-state index < -0.39 is 45.9 Å². The van der Waals surface area contributed by atoms with E-state index in [4.69, 9.17) is 14.5 Å². The van der Waals surface area contributed by atoms with E-state index in [9.17, 15) is 38.9 Å². The minimum Gasteiger partial charge on any atom is -0.495 e. The number of fused-ring (bicyclic) bond motifs is 2. The number of thioether (sulfide) groups is 1. The molecule has 3 aromatic heterocycles. The van der Waals surface area contributed by atoms with Crippen LogP contribution in [0.2, 0.25) is 0 Å². The first kappa shape index (κ1) is 52.6. The third-order valence-electron chi connectivity index (χ3n) is 10.4. The molecule has 7 rings (SSSR count). The Labute approximate surface area is 420 Å². The molecule has 0 aliphatic carbocycles. The van der Waals surface area contributed by atoms with Crippen LogP contribution in [0.3, 0.4) is 0 Å². The first-order valence-electron chi connectivity index (χ1n) is 21.1. The van der Waals surface area contributed by atoms with Crippen LogP contribution >= 0.6 is 34.8 Å². The van der Waals surface area contributed by atoms with Crippen molar-refractivity contribution < 1.29 is 48.4 Å². The maximum absolute atomic E-state index is 12.0. The second-order valence-corrected chi connectivity index (χ2v) is 21.7. The number of rotatable bonds is 22. The monoisotopic (exact) mass is 1090 g/mol. The molecule has 24 nitrogen and oxygen atoms in total. The number of azo groups is 2. The molecule has 3 heterocycles. The van der Waals surface area contributed by atoms with Crippen LogP contribution in [0.1, 0.15) is 27.7 Å². The molecule has 7 aromatic rings. The molecule has 0 unspecified atom stereocenters. The molecule has 0 radical (unpaired) electrons. The average Bonchev–Trinajstić information content (AvgIpc) is 3.92. The maximum Gasteiger partial charge on any atom is 0.298 e. The standard InChI is InChI=1S/C41H45N13O11S6/c1-7-53(8-2)23-11-13-27(47-49-37-25-19-33(64-5)35(70(58,59)60)21-29(25)51-67-37)31(17-23)42-39-44-40(46-41(45-39)66-15-16-69(55,56)57)43-32-18-24(54(9-3)10-4)12-14-28(32)48-50-38-26-20-34(65-6)36(71(61,62)63)22-30(26)52-68-38/h11-14,17-22H,7-10,15-16H2,1-6H3,(H,55,56,57)(H,58,59,60)(H,61,62,63)(H2,42,43,44,45,46). The van der Waals surface area contributed by atoms with E-state index in [1.807, 2.05) is 52.0 Å². The van der Waals surface area contributed by atoms with Gasteiger partial charge < -0.3 is 29.9 Å². The molecule has 5 N–H and O–H groups in total. The molecular formula is C41H45N13O11S6. The van der Waals surface area contributed by atoms with E-state index in [0.717, 1.165) is 46.2 Å². The number of nitrogens with one attached hydrogen (secondary N) is 2. The summed E-state index contributed by atoms with van der Waals surface area (Å²) in [5.41, 5.74) is 3.50. The van der Waals surface area contributed by atoms with Crippen LogP contribution in [0.25, 0.3) is 21.8 Å². The van der Waals surface area contributed by atoms with Gasteiger partial charge in [-0.1, -0.05) is 11.8 Å². The highest BCUT2D eigenvalue weighted by Crippen LogP contribution is 2.42. The molecule has 376 valence electrons. The third-order valence-corrected chi connectivity index (χ3v) is 15.5. The fourth-order valence-corrected chi connectivity index (χ4v) is 11.3. The van der Waals surface area contributed by atoms with Gasteiger partial charge in [0.15, 0.2) is 15.2 Å². The van der Waals surface area contributed by atoms with Gasteiger partial charge in [0, 0.05) is 54.1 Å². The summed E-state index contributed by atoms with van der Waals surface area (Å²) < 4.78 is 120. The van der Waals surface area contributed by atoms with Gasteiger partial charge in [0.25, 0.3) is 30.4 Å². The summed E-state index contributed by atoms with van der Waals surface area (Å²) in [6, 6.07) is 16.0. The Hall–Kier alpha value is -6.25. The van der Waals surface area contributed by atoms with E-state index in [0.29, 0.717) is 69.7 Å². The van der Waals surface area contributed by atoms with Crippen molar-refractivity contribution in [3.63, 3.8) is 0 Å². The molecule has 0 aliphatic heterocycles. The summed E-state index contributed by atoms with van der Waals surface area (Å²) >= 11 is 2.83. The molecule has 4 aromatic carbocycles. The van der Waals surface area contributed by atoms with E-state index in [2.05, 4.69) is 59.6 Å². The number of benzene rings is 4. The fourth-order valence-electron chi connectivity index (χ4n) is 6.95. The lowest BCUT2D eigenvalue weighted by atomic mass is 10.2. The Morgan fingerprint density at radius 2 is 1.03 bits per heavy atom. The fraction of sp³-hybridized carbons (Fsp3) is 0.293. The molecule has 0 spiro atoms. The Kier molecular flexibility index (Phi) is 16.3. The second kappa shape index (κ2) is 22.0. The summed E-state index contributed by atoms with van der Waals surface area (Å²) in [6.07, 6.45) is 0. The van der Waals surface area contributed by atoms with Gasteiger partial charge in [0.1, 0.15) is 32.7 Å². The predicted molar refractivity (Wildman–Crippen MR) is 274 cm³/mol. The van der Waals surface area contributed by atoms with Crippen LogP contribution in [0.4, 0.5) is 56.0 Å². The first-order chi connectivity index (χ1) is 33.7. The molecule has 0 fully saturated rings. The zero-order valence-electron chi connectivity index (χ0n) is 38.5. The van der Waals surface area contributed by atoms with E-state index >= 15 is 0 Å². The Morgan fingerprint density at radius 1 is 0.606 bits per heavy atom. The smallest absolute Gasteiger partial charge is 0.298 e. The van der Waals surface area contributed by atoms with Gasteiger partial charge in [-0.2, -0.15) is 49.0 Å². The topological polar surface area (TPSA) is 326 Å². The summed E-state index contributed by atoms with van der Waals surface area (Å²) in [5.74, 6) is -0.951. The zero-order chi connectivity index (χ0) is 51.3. The molecular weight excluding hydrogens is 1040 g/mol. The normalized spacial score (nSPS) is 12.4. The second-order valence-electron chi connectivity index (χ2n) is 14.8. The lowest BCUT2D eigenvalue weighted by Crippen LogP contribution is -2.21. The molecule has 30 heteroatoms. The molecule has 0 atom stereocenters. The summed E-state index contributed by atoms with van der Waals surface area (Å²) in [4.78, 5) is 17.2. The van der Waals surface area contributed by atoms with Crippen LogP contribution in [0.15, 0.2) is 96.1 Å². The van der Waals surface area contributed by atoms with Crippen LogP contribution in [-0.4, -0.2) is 115 Å². The summed E-state index contributed by atoms with van der Waals surface area (Å²) in [5, 5.41) is 26.0. The lowest BCUT2D eigenvalue weighted by Gasteiger charge is -2.22. The maximum atomic E-state index is 12.0. The van der Waals surface area contributed by atoms with Crippen LogP contribution in [0.5, 0.6) is 11.5 Å². The predicted octanol–water partition coefficient (Wildman–Crippen LogP) is 9.59. The number of ether oxygens (including phenoxy) is 2. The van der Waals surface area contributed by atoms with Crippen molar-refractivity contribution in [3.8, 4) is 11.5 Å². The van der Waals surface area contributed by atoms with Crippen molar-refractivity contribution in [1.82, 2.24) is 23.7 Å². The molecule has 0 aliphatic rings. The van der Waals surface area contributed by atoms with Crippen molar-refractivity contribution in [3.05, 3.63) is 60.7 Å². The van der Waals surface area contributed by atoms with Gasteiger partial charge >= 0.3 is 0 Å². The van der Waals surface area contributed by atoms with Crippen molar-refractivity contribution in [2.75, 3.05) is 72.3 Å². The first-order valence-corrected chi connectivity index (χ1v) is 28.2. The van der Waals surface area contributed by atoms with Crippen molar-refractivity contribution >= 4 is 143 Å². The van der Waals surface area contributed by atoms with Gasteiger partial charge in [0.05, 0.1) is 42.4 Å². The minimum atomic E-state index is -4.63. The number of aromatic nitrogens is 5. The van der Waals surface area contributed by atoms with Gasteiger partial charge in [-0.25, -0.2) is 0 Å². The number of hydrogen-bond acceptors (Lipinski definition) is 24. The molecule has 0 saturated heterocycles. The minimum absolute atomic E-state index is 0.00636. The van der Waals surface area contributed by atoms with Gasteiger partial charge in [-0.15, -0.1) is 20.5 Å². The van der Waals surface area contributed by atoms with Crippen molar-refractivity contribution in [2.24, 2.45) is 20.5 Å². The number of nitrogens with zero attached hydrogens (tertiary/aromatic N) is 11. The lowest BCUT2D eigenvalue weighted by molar-refractivity contribution is 0.398. The summed E-state index contributed by atoms with van der Waals surface area (Å²) in [7, 11) is -11.1. The van der Waals surface area contributed by atoms with Crippen molar-refractivity contribution in [1.29, 1.82) is 0 Å². The van der Waals surface area contributed by atoms with E-state index in [1.54, 1.807) is 12.1 Å². The van der Waals surface area contributed by atoms with Gasteiger partial charge in [-0.3, -0.25) is 13.7 Å². The Morgan fingerprint density at radius 3 is 1.39 bits per heavy atom. The quantitative estimate of drug-likeness (QED) is 0.0239. The number of anilines is 6. The van der Waals surface area contributed by atoms with E-state index in [-0.39, 0.29) is 45.3 Å². The van der Waals surface area contributed by atoms with Crippen LogP contribution < -0.4 is 29.9 Å². The van der Waals surface area contributed by atoms with Gasteiger partial charge in [-0.05, 0) is 111 Å². The highest BCUT2D eigenvalue weighted by molar-refractivity contribution is 8.00. The number of hydrogen-bond donors (Lipinski definition) is 5. The Bertz CT molecular complexity index is 3310. The van der Waals surface area contributed by atoms with E-state index in [1.165, 1.54) is 38.5 Å². The third kappa shape index (κ3) is 12.6. The zero-order valence-corrected chi connectivity index (χ0v) is 43.4. The molecule has 0 amide bonds. The summed E-state index contributed by atoms with van der Waals surface area (Å²) in [6.45, 7) is 10.7. The average molecular weight is 1090 g/mol. The number of methoxy groups -OCH3 is 2. The highest BCUT2D eigenvalue weighted by Gasteiger charge is 2.23. The molecule has 71 heavy (non-hydrogen) atoms. The van der Waals surface area contributed by atoms with Crippen LogP contribution in [-0.2, 0) is 30.4 Å². The SMILES string of the molecule is CCN(CC)c1ccc(N=Nc2snc3cc(S(=O)(=O)O)c(OC)cc23)c(Nc2nc(Nc3cc(N(CC)CC)ccc3N=Nc3snc4cc(S(=O)(=O)O)c(OC)cc34)nc(SCCS(=O)(=O)O)n2)c1. The van der Waals surface area contributed by atoms with Gasteiger partial charge in [0.2, 0.25) is 11.9 Å². The molecule has 0 saturated carbocycles. The molecule has 0 bridgehead atoms. The van der Waals surface area contributed by atoms with Crippen molar-refractivity contribution in [2.45, 2.75) is 42.6 Å². The Balaban J connectivity index is 1.30.